The van der Waals surface area contributed by atoms with E-state index in [4.69, 9.17) is 14.6 Å². The lowest BCUT2D eigenvalue weighted by atomic mass is 10.0. The van der Waals surface area contributed by atoms with E-state index in [1.165, 1.54) is 0 Å². The largest absolute Gasteiger partial charge is 0.497 e. The number of aromatic nitrogens is 3. The highest BCUT2D eigenvalue weighted by Crippen LogP contribution is 2.34. The van der Waals surface area contributed by atoms with Crippen LogP contribution in [0.1, 0.15) is 16.8 Å². The zero-order valence-corrected chi connectivity index (χ0v) is 22.5. The van der Waals surface area contributed by atoms with E-state index in [0.717, 1.165) is 46.1 Å². The van der Waals surface area contributed by atoms with Gasteiger partial charge < -0.3 is 20.1 Å². The lowest BCUT2D eigenvalue weighted by Gasteiger charge is -2.09. The Hall–Kier alpha value is -5.11. The van der Waals surface area contributed by atoms with E-state index in [9.17, 15) is 4.79 Å². The summed E-state index contributed by atoms with van der Waals surface area (Å²) < 4.78 is 12.5. The minimum Gasteiger partial charge on any atom is -0.497 e. The Morgan fingerprint density at radius 1 is 0.825 bits per heavy atom. The summed E-state index contributed by atoms with van der Waals surface area (Å²) in [6.45, 7) is 1.19. The van der Waals surface area contributed by atoms with Crippen molar-refractivity contribution in [3.8, 4) is 39.6 Å². The molecule has 2 N–H and O–H groups in total. The van der Waals surface area contributed by atoms with Gasteiger partial charge in [-0.3, -0.25) is 4.79 Å². The van der Waals surface area contributed by atoms with Crippen LogP contribution in [0.25, 0.3) is 28.1 Å². The number of methoxy groups -OCH3 is 2. The molecule has 40 heavy (non-hydrogen) atoms. The second-order valence-corrected chi connectivity index (χ2v) is 9.10. The van der Waals surface area contributed by atoms with E-state index in [1.807, 2.05) is 83.7 Å². The fraction of sp³-hybridized carbons (Fsp3) is 0.156. The summed E-state index contributed by atoms with van der Waals surface area (Å²) in [5.41, 5.74) is 5.32. The number of rotatable bonds is 11. The number of hydrogen-bond donors (Lipinski definition) is 2. The van der Waals surface area contributed by atoms with Gasteiger partial charge in [-0.2, -0.15) is 5.10 Å². The molecule has 1 amide bonds. The highest BCUT2D eigenvalue weighted by Gasteiger charge is 2.15. The number of nitrogens with one attached hydrogen (secondary N) is 2. The van der Waals surface area contributed by atoms with Crippen LogP contribution in [0.3, 0.4) is 0 Å². The predicted molar refractivity (Wildman–Crippen MR) is 157 cm³/mol. The average Bonchev–Trinajstić information content (AvgIpc) is 3.47. The van der Waals surface area contributed by atoms with Crippen LogP contribution in [-0.4, -0.2) is 48.0 Å². The topological polar surface area (TPSA) is 90.3 Å². The molecule has 0 aliphatic rings. The van der Waals surface area contributed by atoms with Gasteiger partial charge in [0, 0.05) is 42.2 Å². The Morgan fingerprint density at radius 2 is 1.60 bits per heavy atom. The van der Waals surface area contributed by atoms with Gasteiger partial charge >= 0.3 is 0 Å². The third-order valence-electron chi connectivity index (χ3n) is 6.43. The standard InChI is InChI=1S/C32H31N5O3/c1-39-27-13-6-9-24(19-27)31-29(22-37(36-31)26-11-4-3-5-12-26)23-15-18-34-30(21-23)33-16-8-17-35-32(38)25-10-7-14-28(20-25)40-2/h3-7,9-15,18-22H,8,16-17H2,1-2H3,(H,33,34)(H,35,38). The summed E-state index contributed by atoms with van der Waals surface area (Å²) in [6.07, 6.45) is 4.57. The van der Waals surface area contributed by atoms with Crippen molar-refractivity contribution in [2.45, 2.75) is 6.42 Å². The smallest absolute Gasteiger partial charge is 0.251 e. The molecule has 0 spiro atoms. The lowest BCUT2D eigenvalue weighted by molar-refractivity contribution is 0.0953. The van der Waals surface area contributed by atoms with Gasteiger partial charge in [-0.25, -0.2) is 9.67 Å². The Kier molecular flexibility index (Phi) is 8.36. The Balaban J connectivity index is 1.29. The van der Waals surface area contributed by atoms with E-state index < -0.39 is 0 Å². The van der Waals surface area contributed by atoms with E-state index in [-0.39, 0.29) is 5.91 Å². The van der Waals surface area contributed by atoms with E-state index >= 15 is 0 Å². The third kappa shape index (κ3) is 6.30. The number of ether oxygens (including phenoxy) is 2. The maximum absolute atomic E-state index is 12.4. The summed E-state index contributed by atoms with van der Waals surface area (Å²) in [4.78, 5) is 16.9. The van der Waals surface area contributed by atoms with Gasteiger partial charge in [-0.15, -0.1) is 0 Å². The molecule has 0 bridgehead atoms. The van der Waals surface area contributed by atoms with Crippen molar-refractivity contribution in [1.29, 1.82) is 0 Å². The first-order chi connectivity index (χ1) is 19.6. The van der Waals surface area contributed by atoms with Crippen LogP contribution >= 0.6 is 0 Å². The number of nitrogens with zero attached hydrogens (tertiary/aromatic N) is 3. The zero-order valence-electron chi connectivity index (χ0n) is 22.5. The summed E-state index contributed by atoms with van der Waals surface area (Å²) in [5.74, 6) is 2.05. The predicted octanol–water partition coefficient (Wildman–Crippen LogP) is 5.85. The van der Waals surface area contributed by atoms with Gasteiger partial charge in [0.25, 0.3) is 5.91 Å². The number of hydrogen-bond acceptors (Lipinski definition) is 6. The number of benzene rings is 3. The van der Waals surface area contributed by atoms with E-state index in [1.54, 1.807) is 38.6 Å². The summed E-state index contributed by atoms with van der Waals surface area (Å²) in [5, 5.41) is 11.3. The normalized spacial score (nSPS) is 10.7. The number of pyridine rings is 1. The van der Waals surface area contributed by atoms with Crippen LogP contribution in [-0.2, 0) is 0 Å². The molecule has 8 heteroatoms. The number of anilines is 1. The molecule has 5 rings (SSSR count). The van der Waals surface area contributed by atoms with E-state index in [2.05, 4.69) is 15.6 Å². The summed E-state index contributed by atoms with van der Waals surface area (Å²) >= 11 is 0. The number of para-hydroxylation sites is 1. The van der Waals surface area contributed by atoms with Crippen molar-refractivity contribution >= 4 is 11.7 Å². The molecule has 0 atom stereocenters. The van der Waals surface area contributed by atoms with Gasteiger partial charge in [0.15, 0.2) is 0 Å². The average molecular weight is 534 g/mol. The first-order valence-electron chi connectivity index (χ1n) is 13.1. The molecule has 3 aromatic carbocycles. The molecular weight excluding hydrogens is 502 g/mol. The highest BCUT2D eigenvalue weighted by atomic mass is 16.5. The maximum Gasteiger partial charge on any atom is 0.251 e. The molecule has 0 aliphatic heterocycles. The molecule has 202 valence electrons. The summed E-state index contributed by atoms with van der Waals surface area (Å²) in [6, 6.07) is 29.0. The lowest BCUT2D eigenvalue weighted by Crippen LogP contribution is -2.25. The first kappa shape index (κ1) is 26.5. The number of carbonyl (C=O) groups excluding carboxylic acids is 1. The van der Waals surface area contributed by atoms with Crippen molar-refractivity contribution < 1.29 is 14.3 Å². The molecule has 0 radical (unpaired) electrons. The number of amides is 1. The Bertz CT molecular complexity index is 1580. The van der Waals surface area contributed by atoms with Crippen molar-refractivity contribution in [1.82, 2.24) is 20.1 Å². The molecule has 0 fully saturated rings. The highest BCUT2D eigenvalue weighted by molar-refractivity contribution is 5.94. The molecular formula is C32H31N5O3. The Morgan fingerprint density at radius 3 is 2.40 bits per heavy atom. The second-order valence-electron chi connectivity index (χ2n) is 9.10. The minimum absolute atomic E-state index is 0.125. The van der Waals surface area contributed by atoms with Gasteiger partial charge in [-0.05, 0) is 66.6 Å². The fourth-order valence-electron chi connectivity index (χ4n) is 4.35. The minimum atomic E-state index is -0.125. The fourth-order valence-corrected chi connectivity index (χ4v) is 4.35. The molecule has 2 aromatic heterocycles. The van der Waals surface area contributed by atoms with Gasteiger partial charge in [0.2, 0.25) is 0 Å². The Labute approximate surface area is 233 Å². The summed E-state index contributed by atoms with van der Waals surface area (Å²) in [7, 11) is 3.24. The van der Waals surface area contributed by atoms with E-state index in [0.29, 0.717) is 24.4 Å². The van der Waals surface area contributed by atoms with Crippen molar-refractivity contribution in [2.75, 3.05) is 32.6 Å². The van der Waals surface area contributed by atoms with Crippen LogP contribution in [0.2, 0.25) is 0 Å². The third-order valence-corrected chi connectivity index (χ3v) is 6.43. The number of carbonyl (C=O) groups is 1. The van der Waals surface area contributed by atoms with Crippen LogP contribution in [0, 0.1) is 0 Å². The first-order valence-corrected chi connectivity index (χ1v) is 13.1. The quantitative estimate of drug-likeness (QED) is 0.207. The molecule has 0 unspecified atom stereocenters. The molecule has 5 aromatic rings. The zero-order chi connectivity index (χ0) is 27.7. The van der Waals surface area contributed by atoms with Crippen LogP contribution in [0.4, 0.5) is 5.82 Å². The molecule has 0 aliphatic carbocycles. The monoisotopic (exact) mass is 533 g/mol. The SMILES string of the molecule is COc1cccc(C(=O)NCCCNc2cc(-c3cn(-c4ccccc4)nc3-c3cccc(OC)c3)ccn2)c1. The van der Waals surface area contributed by atoms with Gasteiger partial charge in [0.05, 0.1) is 19.9 Å². The van der Waals surface area contributed by atoms with Crippen molar-refractivity contribution in [2.24, 2.45) is 0 Å². The maximum atomic E-state index is 12.4. The van der Waals surface area contributed by atoms with Crippen molar-refractivity contribution in [3.63, 3.8) is 0 Å². The van der Waals surface area contributed by atoms with Crippen LogP contribution < -0.4 is 20.1 Å². The van der Waals surface area contributed by atoms with Crippen LogP contribution in [0.15, 0.2) is 103 Å². The second kappa shape index (κ2) is 12.6. The molecule has 0 saturated carbocycles. The molecule has 0 saturated heterocycles. The molecule has 8 nitrogen and oxygen atoms in total. The van der Waals surface area contributed by atoms with Crippen molar-refractivity contribution in [3.05, 3.63) is 109 Å². The van der Waals surface area contributed by atoms with Gasteiger partial charge in [0.1, 0.15) is 23.0 Å². The van der Waals surface area contributed by atoms with Gasteiger partial charge in [-0.1, -0.05) is 36.4 Å². The molecule has 2 heterocycles. The van der Waals surface area contributed by atoms with Crippen LogP contribution in [0.5, 0.6) is 11.5 Å².